The minimum Gasteiger partial charge on any atom is -0.459 e. The van der Waals surface area contributed by atoms with Crippen LogP contribution in [0.2, 0.25) is 5.02 Å². The molecule has 1 aromatic carbocycles. The van der Waals surface area contributed by atoms with Crippen LogP contribution in [0.1, 0.15) is 26.3 Å². The topological polar surface area (TPSA) is 53.3 Å². The molecule has 126 valence electrons. The Bertz CT molecular complexity index is 619. The monoisotopic (exact) mass is 348 g/mol. The Balaban J connectivity index is 3.04. The summed E-state index contributed by atoms with van der Waals surface area (Å²) in [6.07, 6.45) is -4.51. The number of nitriles is 1. The van der Waals surface area contributed by atoms with Crippen molar-refractivity contribution in [3.63, 3.8) is 0 Å². The van der Waals surface area contributed by atoms with E-state index in [0.29, 0.717) is 0 Å². The maximum Gasteiger partial charge on any atom is 0.405 e. The number of ether oxygens (including phenoxy) is 1. The fourth-order valence-electron chi connectivity index (χ4n) is 1.78. The van der Waals surface area contributed by atoms with E-state index in [1.54, 1.807) is 20.8 Å². The average molecular weight is 349 g/mol. The summed E-state index contributed by atoms with van der Waals surface area (Å²) in [5, 5.41) is 8.82. The first kappa shape index (κ1) is 19.1. The molecule has 0 atom stereocenters. The van der Waals surface area contributed by atoms with Crippen LogP contribution in [-0.4, -0.2) is 30.8 Å². The first-order valence-electron chi connectivity index (χ1n) is 6.64. The molecule has 4 nitrogen and oxygen atoms in total. The molecule has 0 aliphatic carbocycles. The molecular weight excluding hydrogens is 333 g/mol. The Morgan fingerprint density at radius 1 is 1.35 bits per heavy atom. The normalized spacial score (nSPS) is 11.7. The number of hydrogen-bond donors (Lipinski definition) is 0. The Kier molecular flexibility index (Phi) is 5.89. The number of carbonyl (C=O) groups excluding carboxylic acids is 1. The maximum atomic E-state index is 12.7. The molecule has 0 saturated heterocycles. The van der Waals surface area contributed by atoms with Crippen LogP contribution in [0.4, 0.5) is 18.9 Å². The van der Waals surface area contributed by atoms with Crippen molar-refractivity contribution in [1.82, 2.24) is 0 Å². The number of carbonyl (C=O) groups is 1. The van der Waals surface area contributed by atoms with Crippen LogP contribution in [0.5, 0.6) is 0 Å². The number of benzene rings is 1. The van der Waals surface area contributed by atoms with E-state index < -0.39 is 30.8 Å². The van der Waals surface area contributed by atoms with Gasteiger partial charge in [-0.1, -0.05) is 11.6 Å². The lowest BCUT2D eigenvalue weighted by Crippen LogP contribution is -2.40. The van der Waals surface area contributed by atoms with Gasteiger partial charge < -0.3 is 9.64 Å². The molecule has 0 unspecified atom stereocenters. The van der Waals surface area contributed by atoms with Crippen LogP contribution < -0.4 is 4.90 Å². The molecule has 0 N–H and O–H groups in total. The van der Waals surface area contributed by atoms with Gasteiger partial charge in [-0.3, -0.25) is 4.79 Å². The van der Waals surface area contributed by atoms with E-state index >= 15 is 0 Å². The summed E-state index contributed by atoms with van der Waals surface area (Å²) < 4.78 is 43.3. The largest absolute Gasteiger partial charge is 0.459 e. The van der Waals surface area contributed by atoms with Crippen LogP contribution in [0.3, 0.4) is 0 Å². The van der Waals surface area contributed by atoms with E-state index in [4.69, 9.17) is 21.6 Å². The van der Waals surface area contributed by atoms with Crippen molar-refractivity contribution in [2.75, 3.05) is 18.0 Å². The number of nitrogens with zero attached hydrogens (tertiary/aromatic N) is 2. The molecule has 0 amide bonds. The molecule has 0 bridgehead atoms. The third-order valence-corrected chi connectivity index (χ3v) is 2.86. The number of anilines is 1. The van der Waals surface area contributed by atoms with Crippen LogP contribution in [-0.2, 0) is 9.53 Å². The Morgan fingerprint density at radius 2 is 1.96 bits per heavy atom. The van der Waals surface area contributed by atoms with E-state index in [1.807, 2.05) is 6.07 Å². The Labute approximate surface area is 137 Å². The standard InChI is InChI=1S/C15H16ClF3N2O2/c1-14(2,3)23-13(22)8-21(9-15(17,18)19)11-5-4-10(7-20)12(16)6-11/h4-6H,8-9H2,1-3H3. The number of alkyl halides is 3. The number of esters is 1. The minimum absolute atomic E-state index is 0.0152. The summed E-state index contributed by atoms with van der Waals surface area (Å²) >= 11 is 5.84. The molecule has 0 heterocycles. The number of hydrogen-bond acceptors (Lipinski definition) is 4. The Hall–Kier alpha value is -1.94. The fraction of sp³-hybridized carbons (Fsp3) is 0.467. The van der Waals surface area contributed by atoms with Gasteiger partial charge in [0, 0.05) is 5.69 Å². The summed E-state index contributed by atoms with van der Waals surface area (Å²) in [6, 6.07) is 5.64. The van der Waals surface area contributed by atoms with Gasteiger partial charge in [-0.15, -0.1) is 0 Å². The third kappa shape index (κ3) is 6.78. The molecule has 1 rings (SSSR count). The lowest BCUT2D eigenvalue weighted by Gasteiger charge is -2.27. The van der Waals surface area contributed by atoms with Gasteiger partial charge in [0.1, 0.15) is 24.8 Å². The van der Waals surface area contributed by atoms with E-state index in [9.17, 15) is 18.0 Å². The van der Waals surface area contributed by atoms with Crippen LogP contribution in [0.25, 0.3) is 0 Å². The molecule has 0 radical (unpaired) electrons. The highest BCUT2D eigenvalue weighted by Gasteiger charge is 2.32. The zero-order chi connectivity index (χ0) is 17.8. The fourth-order valence-corrected chi connectivity index (χ4v) is 1.99. The minimum atomic E-state index is -4.51. The highest BCUT2D eigenvalue weighted by atomic mass is 35.5. The van der Waals surface area contributed by atoms with E-state index in [-0.39, 0.29) is 16.3 Å². The Morgan fingerprint density at radius 3 is 2.39 bits per heavy atom. The summed E-state index contributed by atoms with van der Waals surface area (Å²) in [4.78, 5) is 12.6. The first-order valence-corrected chi connectivity index (χ1v) is 7.02. The van der Waals surface area contributed by atoms with Gasteiger partial charge in [0.2, 0.25) is 0 Å². The van der Waals surface area contributed by atoms with Crippen LogP contribution >= 0.6 is 11.6 Å². The highest BCUT2D eigenvalue weighted by molar-refractivity contribution is 6.32. The molecule has 0 aromatic heterocycles. The van der Waals surface area contributed by atoms with Crippen molar-refractivity contribution in [2.45, 2.75) is 32.5 Å². The number of halogens is 4. The van der Waals surface area contributed by atoms with E-state index in [2.05, 4.69) is 0 Å². The van der Waals surface area contributed by atoms with Crippen LogP contribution in [0, 0.1) is 11.3 Å². The molecule has 0 fully saturated rings. The first-order chi connectivity index (χ1) is 10.4. The smallest absolute Gasteiger partial charge is 0.405 e. The molecule has 1 aromatic rings. The number of rotatable bonds is 4. The molecular formula is C15H16ClF3N2O2. The molecule has 0 aliphatic rings. The van der Waals surface area contributed by atoms with Gasteiger partial charge in [-0.25, -0.2) is 0 Å². The summed E-state index contributed by atoms with van der Waals surface area (Å²) in [6.45, 7) is 2.94. The van der Waals surface area contributed by atoms with Gasteiger partial charge >= 0.3 is 12.1 Å². The zero-order valence-electron chi connectivity index (χ0n) is 12.9. The second kappa shape index (κ2) is 7.09. The van der Waals surface area contributed by atoms with E-state index in [0.717, 1.165) is 4.90 Å². The second-order valence-electron chi connectivity index (χ2n) is 5.83. The molecule has 0 spiro atoms. The van der Waals surface area contributed by atoms with Crippen molar-refractivity contribution < 1.29 is 22.7 Å². The van der Waals surface area contributed by atoms with Crippen molar-refractivity contribution in [3.05, 3.63) is 28.8 Å². The quantitative estimate of drug-likeness (QED) is 0.774. The summed E-state index contributed by atoms with van der Waals surface area (Å²) in [5.74, 6) is -0.790. The van der Waals surface area contributed by atoms with Gasteiger partial charge in [0.25, 0.3) is 0 Å². The van der Waals surface area contributed by atoms with Crippen molar-refractivity contribution in [2.24, 2.45) is 0 Å². The van der Waals surface area contributed by atoms with Gasteiger partial charge in [-0.05, 0) is 39.0 Å². The zero-order valence-corrected chi connectivity index (χ0v) is 13.6. The van der Waals surface area contributed by atoms with Gasteiger partial charge in [0.05, 0.1) is 10.6 Å². The molecule has 0 aliphatic heterocycles. The summed E-state index contributed by atoms with van der Waals surface area (Å²) in [5.41, 5.74) is -0.583. The lowest BCUT2D eigenvalue weighted by atomic mass is 10.2. The third-order valence-electron chi connectivity index (χ3n) is 2.55. The average Bonchev–Trinajstić information content (AvgIpc) is 2.33. The van der Waals surface area contributed by atoms with Gasteiger partial charge in [-0.2, -0.15) is 18.4 Å². The van der Waals surface area contributed by atoms with E-state index in [1.165, 1.54) is 18.2 Å². The SMILES string of the molecule is CC(C)(C)OC(=O)CN(CC(F)(F)F)c1ccc(C#N)c(Cl)c1. The highest BCUT2D eigenvalue weighted by Crippen LogP contribution is 2.26. The lowest BCUT2D eigenvalue weighted by molar-refractivity contribution is -0.153. The van der Waals surface area contributed by atoms with Gasteiger partial charge in [0.15, 0.2) is 0 Å². The molecule has 0 saturated carbocycles. The second-order valence-corrected chi connectivity index (χ2v) is 6.24. The predicted molar refractivity (Wildman–Crippen MR) is 80.3 cm³/mol. The van der Waals surface area contributed by atoms with Crippen molar-refractivity contribution >= 4 is 23.3 Å². The predicted octanol–water partition coefficient (Wildman–Crippen LogP) is 3.92. The van der Waals surface area contributed by atoms with Crippen molar-refractivity contribution in [1.29, 1.82) is 5.26 Å². The van der Waals surface area contributed by atoms with Crippen LogP contribution in [0.15, 0.2) is 18.2 Å². The summed E-state index contributed by atoms with van der Waals surface area (Å²) in [7, 11) is 0. The molecule has 23 heavy (non-hydrogen) atoms. The maximum absolute atomic E-state index is 12.7. The molecule has 8 heteroatoms. The van der Waals surface area contributed by atoms with Crippen molar-refractivity contribution in [3.8, 4) is 6.07 Å².